The van der Waals surface area contributed by atoms with E-state index in [1.807, 2.05) is 17.7 Å². The van der Waals surface area contributed by atoms with Crippen molar-refractivity contribution < 1.29 is 17.9 Å². The van der Waals surface area contributed by atoms with Crippen LogP contribution in [0.25, 0.3) is 0 Å². The van der Waals surface area contributed by atoms with Gasteiger partial charge in [0.25, 0.3) is 10.0 Å². The van der Waals surface area contributed by atoms with Crippen LogP contribution in [0.3, 0.4) is 0 Å². The lowest BCUT2D eigenvalue weighted by molar-refractivity contribution is 0.0995. The fourth-order valence-corrected chi connectivity index (χ4v) is 5.77. The highest BCUT2D eigenvalue weighted by Crippen LogP contribution is 2.35. The van der Waals surface area contributed by atoms with Crippen molar-refractivity contribution in [2.75, 3.05) is 24.0 Å². The van der Waals surface area contributed by atoms with Crippen molar-refractivity contribution in [1.29, 1.82) is 0 Å². The number of carbonyl (C=O) groups is 1. The second-order valence-electron chi connectivity index (χ2n) is 8.01. The first-order valence-electron chi connectivity index (χ1n) is 11.3. The maximum Gasteiger partial charge on any atom is 0.409 e. The van der Waals surface area contributed by atoms with Crippen LogP contribution >= 0.6 is 34.8 Å². The lowest BCUT2D eigenvalue weighted by Gasteiger charge is -2.31. The van der Waals surface area contributed by atoms with E-state index in [4.69, 9.17) is 39.5 Å². The molecule has 36 heavy (non-hydrogen) atoms. The Balaban J connectivity index is 1.77. The Morgan fingerprint density at radius 3 is 2.44 bits per heavy atom. The minimum Gasteiger partial charge on any atom is -0.447 e. The van der Waals surface area contributed by atoms with Gasteiger partial charge in [0.05, 0.1) is 28.0 Å². The van der Waals surface area contributed by atoms with Crippen molar-refractivity contribution in [3.8, 4) is 0 Å². The van der Waals surface area contributed by atoms with Gasteiger partial charge in [-0.15, -0.1) is 0 Å². The first-order valence-corrected chi connectivity index (χ1v) is 13.8. The van der Waals surface area contributed by atoms with Gasteiger partial charge in [-0.05, 0) is 62.7 Å². The molecule has 0 spiro atoms. The van der Waals surface area contributed by atoms with Crippen molar-refractivity contribution in [2.45, 2.75) is 37.8 Å². The largest absolute Gasteiger partial charge is 0.447 e. The molecule has 0 bridgehead atoms. The van der Waals surface area contributed by atoms with Gasteiger partial charge in [0.1, 0.15) is 6.61 Å². The summed E-state index contributed by atoms with van der Waals surface area (Å²) in [5.41, 5.74) is 0.176. The minimum absolute atomic E-state index is 0.0100. The normalized spacial score (nSPS) is 12.2. The number of sulfonamides is 1. The third-order valence-corrected chi connectivity index (χ3v) is 8.16. The standard InChI is InChI=1S/C24H27Cl3N4O4S/c1-3-30(13-4-12-29-14-11-28-17-29)24(32)35-16-18(2)31(23-15-20(26)7-10-22(23)27)36(33,34)21-8-5-19(25)6-9-21/h5-11,14-15,17-18H,3-4,12-13,16H2,1-2H3/t18-/m1/s1. The highest BCUT2D eigenvalue weighted by atomic mass is 35.5. The Morgan fingerprint density at radius 1 is 1.11 bits per heavy atom. The molecule has 1 heterocycles. The molecule has 1 aromatic heterocycles. The van der Waals surface area contributed by atoms with Crippen LogP contribution in [-0.4, -0.2) is 54.7 Å². The fourth-order valence-electron chi connectivity index (χ4n) is 3.57. The number of rotatable bonds is 11. The van der Waals surface area contributed by atoms with Gasteiger partial charge in [-0.1, -0.05) is 34.8 Å². The zero-order valence-corrected chi connectivity index (χ0v) is 22.9. The van der Waals surface area contributed by atoms with Crippen molar-refractivity contribution in [2.24, 2.45) is 0 Å². The topological polar surface area (TPSA) is 84.7 Å². The molecule has 0 unspecified atom stereocenters. The first-order chi connectivity index (χ1) is 17.1. The number of halogens is 3. The van der Waals surface area contributed by atoms with Crippen LogP contribution < -0.4 is 4.31 Å². The zero-order chi connectivity index (χ0) is 26.3. The fraction of sp³-hybridized carbons (Fsp3) is 0.333. The summed E-state index contributed by atoms with van der Waals surface area (Å²) in [6.45, 7) is 4.92. The van der Waals surface area contributed by atoms with Gasteiger partial charge in [0.2, 0.25) is 0 Å². The Labute approximate surface area is 226 Å². The van der Waals surface area contributed by atoms with Crippen LogP contribution in [0.4, 0.5) is 10.5 Å². The number of ether oxygens (including phenoxy) is 1. The zero-order valence-electron chi connectivity index (χ0n) is 19.9. The third kappa shape index (κ3) is 7.06. The summed E-state index contributed by atoms with van der Waals surface area (Å²) in [5.74, 6) is 0. The van der Waals surface area contributed by atoms with Crippen LogP contribution in [0.1, 0.15) is 20.3 Å². The predicted octanol–water partition coefficient (Wildman–Crippen LogP) is 5.98. The van der Waals surface area contributed by atoms with E-state index in [0.717, 1.165) is 4.31 Å². The molecule has 1 atom stereocenters. The van der Waals surface area contributed by atoms with E-state index in [-0.39, 0.29) is 22.2 Å². The number of carbonyl (C=O) groups excluding carboxylic acids is 1. The quantitative estimate of drug-likeness (QED) is 0.282. The SMILES string of the molecule is CCN(CCCn1ccnc1)C(=O)OC[C@@H](C)N(c1cc(Cl)ccc1Cl)S(=O)(=O)c1ccc(Cl)cc1. The summed E-state index contributed by atoms with van der Waals surface area (Å²) in [6.07, 6.45) is 5.45. The van der Waals surface area contributed by atoms with Crippen LogP contribution in [0.5, 0.6) is 0 Å². The molecule has 0 radical (unpaired) electrons. The lowest BCUT2D eigenvalue weighted by Crippen LogP contribution is -2.43. The third-order valence-electron chi connectivity index (χ3n) is 5.41. The maximum atomic E-state index is 13.7. The highest BCUT2D eigenvalue weighted by molar-refractivity contribution is 7.92. The molecule has 0 aliphatic carbocycles. The maximum absolute atomic E-state index is 13.7. The number of anilines is 1. The molecule has 3 aromatic rings. The Hall–Kier alpha value is -2.46. The van der Waals surface area contributed by atoms with Gasteiger partial charge in [-0.25, -0.2) is 18.2 Å². The highest BCUT2D eigenvalue weighted by Gasteiger charge is 2.32. The average Bonchev–Trinajstić information content (AvgIpc) is 3.36. The number of hydrogen-bond acceptors (Lipinski definition) is 5. The van der Waals surface area contributed by atoms with Crippen molar-refractivity contribution >= 4 is 56.6 Å². The molecular formula is C24H27Cl3N4O4S. The van der Waals surface area contributed by atoms with E-state index in [1.165, 1.54) is 36.4 Å². The van der Waals surface area contributed by atoms with Gasteiger partial charge in [-0.2, -0.15) is 0 Å². The molecule has 194 valence electrons. The summed E-state index contributed by atoms with van der Waals surface area (Å²) in [7, 11) is -4.10. The number of aryl methyl sites for hydroxylation is 1. The molecule has 0 saturated heterocycles. The van der Waals surface area contributed by atoms with Crippen molar-refractivity contribution in [3.63, 3.8) is 0 Å². The second-order valence-corrected chi connectivity index (χ2v) is 11.1. The molecule has 0 aliphatic rings. The molecule has 3 rings (SSSR count). The van der Waals surface area contributed by atoms with Crippen molar-refractivity contribution in [1.82, 2.24) is 14.5 Å². The smallest absolute Gasteiger partial charge is 0.409 e. The van der Waals surface area contributed by atoms with E-state index >= 15 is 0 Å². The van der Waals surface area contributed by atoms with E-state index < -0.39 is 22.2 Å². The van der Waals surface area contributed by atoms with Crippen LogP contribution in [0.2, 0.25) is 15.1 Å². The van der Waals surface area contributed by atoms with E-state index in [9.17, 15) is 13.2 Å². The Kier molecular flexibility index (Phi) is 9.90. The Morgan fingerprint density at radius 2 is 1.81 bits per heavy atom. The second kappa shape index (κ2) is 12.7. The Bertz CT molecular complexity index is 1250. The van der Waals surface area contributed by atoms with Crippen LogP contribution in [0.15, 0.2) is 66.1 Å². The summed E-state index contributed by atoms with van der Waals surface area (Å²) in [5, 5.41) is 0.894. The monoisotopic (exact) mass is 572 g/mol. The van der Waals surface area contributed by atoms with E-state index in [0.29, 0.717) is 36.1 Å². The first kappa shape index (κ1) is 28.1. The van der Waals surface area contributed by atoms with Gasteiger partial charge in [0, 0.05) is 42.1 Å². The van der Waals surface area contributed by atoms with Crippen LogP contribution in [-0.2, 0) is 21.3 Å². The van der Waals surface area contributed by atoms with Gasteiger partial charge < -0.3 is 14.2 Å². The molecular weight excluding hydrogens is 547 g/mol. The number of amides is 1. The molecule has 12 heteroatoms. The average molecular weight is 574 g/mol. The lowest BCUT2D eigenvalue weighted by atomic mass is 10.2. The summed E-state index contributed by atoms with van der Waals surface area (Å²) in [6, 6.07) is 9.52. The minimum atomic E-state index is -4.10. The number of benzene rings is 2. The number of aromatic nitrogens is 2. The van der Waals surface area contributed by atoms with E-state index in [2.05, 4.69) is 4.98 Å². The van der Waals surface area contributed by atoms with Gasteiger partial charge in [0.15, 0.2) is 0 Å². The summed E-state index contributed by atoms with van der Waals surface area (Å²) in [4.78, 5) is 18.3. The summed E-state index contributed by atoms with van der Waals surface area (Å²) >= 11 is 18.5. The van der Waals surface area contributed by atoms with E-state index in [1.54, 1.807) is 30.4 Å². The molecule has 8 nitrogen and oxygen atoms in total. The molecule has 0 aliphatic heterocycles. The molecule has 1 amide bonds. The number of imidazole rings is 1. The summed E-state index contributed by atoms with van der Waals surface area (Å²) < 4.78 is 35.9. The molecule has 0 saturated carbocycles. The molecule has 0 N–H and O–H groups in total. The van der Waals surface area contributed by atoms with Gasteiger partial charge >= 0.3 is 6.09 Å². The number of hydrogen-bond donors (Lipinski definition) is 0. The predicted molar refractivity (Wildman–Crippen MR) is 142 cm³/mol. The van der Waals surface area contributed by atoms with Gasteiger partial charge in [-0.3, -0.25) is 4.31 Å². The molecule has 2 aromatic carbocycles. The van der Waals surface area contributed by atoms with Crippen molar-refractivity contribution in [3.05, 3.63) is 76.3 Å². The van der Waals surface area contributed by atoms with Crippen LogP contribution in [0, 0.1) is 0 Å². The molecule has 0 fully saturated rings. The number of nitrogens with zero attached hydrogens (tertiary/aromatic N) is 4.